The standard InChI is InChI=1S/C21H25F3N2O2/c1-15-11-25-12-16(2)26(15)13-17-3-7-19(8-4-17)27-14-18-5-9-20(10-6-18)28-21(22,23)24/h3-10,15-16,25H,11-14H2,1-2H3/t15-,16+. The van der Waals surface area contributed by atoms with Crippen LogP contribution < -0.4 is 14.8 Å². The van der Waals surface area contributed by atoms with E-state index in [1.165, 1.54) is 17.7 Å². The molecule has 7 heteroatoms. The van der Waals surface area contributed by atoms with E-state index in [0.717, 1.165) is 30.9 Å². The lowest BCUT2D eigenvalue weighted by Crippen LogP contribution is -2.54. The zero-order valence-corrected chi connectivity index (χ0v) is 16.0. The van der Waals surface area contributed by atoms with Crippen LogP contribution in [0.2, 0.25) is 0 Å². The summed E-state index contributed by atoms with van der Waals surface area (Å²) in [6.07, 6.45) is -4.68. The molecule has 28 heavy (non-hydrogen) atoms. The summed E-state index contributed by atoms with van der Waals surface area (Å²) in [7, 11) is 0. The lowest BCUT2D eigenvalue weighted by atomic mass is 10.1. The second kappa shape index (κ2) is 8.84. The Morgan fingerprint density at radius 1 is 0.893 bits per heavy atom. The molecule has 0 radical (unpaired) electrons. The van der Waals surface area contributed by atoms with Crippen molar-refractivity contribution in [3.8, 4) is 11.5 Å². The van der Waals surface area contributed by atoms with Crippen molar-refractivity contribution in [3.05, 3.63) is 59.7 Å². The lowest BCUT2D eigenvalue weighted by Gasteiger charge is -2.39. The fourth-order valence-corrected chi connectivity index (χ4v) is 3.34. The summed E-state index contributed by atoms with van der Waals surface area (Å²) >= 11 is 0. The largest absolute Gasteiger partial charge is 0.573 e. The molecule has 0 spiro atoms. The zero-order chi connectivity index (χ0) is 20.1. The molecule has 3 rings (SSSR count). The number of hydrogen-bond acceptors (Lipinski definition) is 4. The number of halogens is 3. The summed E-state index contributed by atoms with van der Waals surface area (Å²) in [6.45, 7) is 7.62. The van der Waals surface area contributed by atoms with Crippen molar-refractivity contribution < 1.29 is 22.6 Å². The number of nitrogens with zero attached hydrogens (tertiary/aromatic N) is 1. The summed E-state index contributed by atoms with van der Waals surface area (Å²) in [4.78, 5) is 2.48. The first-order chi connectivity index (χ1) is 13.3. The Bertz CT molecular complexity index is 738. The topological polar surface area (TPSA) is 33.7 Å². The van der Waals surface area contributed by atoms with Crippen molar-refractivity contribution in [2.75, 3.05) is 13.1 Å². The number of rotatable bonds is 6. The minimum atomic E-state index is -4.68. The molecule has 1 fully saturated rings. The molecule has 1 saturated heterocycles. The Balaban J connectivity index is 1.52. The molecule has 1 aliphatic heterocycles. The van der Waals surface area contributed by atoms with Gasteiger partial charge in [0.2, 0.25) is 0 Å². The molecule has 0 saturated carbocycles. The van der Waals surface area contributed by atoms with Crippen LogP contribution in [0.15, 0.2) is 48.5 Å². The van der Waals surface area contributed by atoms with Crippen molar-refractivity contribution in [2.24, 2.45) is 0 Å². The van der Waals surface area contributed by atoms with E-state index in [2.05, 4.69) is 40.9 Å². The molecule has 152 valence electrons. The third-order valence-corrected chi connectivity index (χ3v) is 4.86. The second-order valence-electron chi connectivity index (χ2n) is 7.15. The van der Waals surface area contributed by atoms with Gasteiger partial charge in [0.25, 0.3) is 0 Å². The van der Waals surface area contributed by atoms with Gasteiger partial charge in [-0.1, -0.05) is 24.3 Å². The molecule has 2 aromatic rings. The van der Waals surface area contributed by atoms with E-state index < -0.39 is 6.36 Å². The Labute approximate surface area is 163 Å². The van der Waals surface area contributed by atoms with Gasteiger partial charge in [0, 0.05) is 31.7 Å². The molecule has 0 bridgehead atoms. The van der Waals surface area contributed by atoms with Crippen LogP contribution in [0.3, 0.4) is 0 Å². The van der Waals surface area contributed by atoms with Gasteiger partial charge in [-0.2, -0.15) is 0 Å². The highest BCUT2D eigenvalue weighted by atomic mass is 19.4. The van der Waals surface area contributed by atoms with Crippen LogP contribution in [0.1, 0.15) is 25.0 Å². The average molecular weight is 394 g/mol. The normalized spacial score (nSPS) is 20.8. The van der Waals surface area contributed by atoms with Crippen LogP contribution in [0, 0.1) is 0 Å². The first-order valence-corrected chi connectivity index (χ1v) is 9.33. The quantitative estimate of drug-likeness (QED) is 0.790. The van der Waals surface area contributed by atoms with Crippen molar-refractivity contribution in [3.63, 3.8) is 0 Å². The highest BCUT2D eigenvalue weighted by molar-refractivity contribution is 5.30. The zero-order valence-electron chi connectivity index (χ0n) is 16.0. The Kier molecular flexibility index (Phi) is 6.46. The Hall–Kier alpha value is -2.25. The number of hydrogen-bond donors (Lipinski definition) is 1. The predicted molar refractivity (Wildman–Crippen MR) is 101 cm³/mol. The number of nitrogens with one attached hydrogen (secondary N) is 1. The first kappa shape index (κ1) is 20.5. The molecule has 0 aromatic heterocycles. The summed E-state index contributed by atoms with van der Waals surface area (Å²) in [6, 6.07) is 14.6. The van der Waals surface area contributed by atoms with E-state index in [9.17, 15) is 13.2 Å². The van der Waals surface area contributed by atoms with Crippen LogP contribution in [0.25, 0.3) is 0 Å². The van der Waals surface area contributed by atoms with E-state index >= 15 is 0 Å². The maximum atomic E-state index is 12.2. The van der Waals surface area contributed by atoms with Gasteiger partial charge >= 0.3 is 6.36 Å². The van der Waals surface area contributed by atoms with Crippen LogP contribution in [0.5, 0.6) is 11.5 Å². The van der Waals surface area contributed by atoms with Gasteiger partial charge in [0.05, 0.1) is 0 Å². The molecule has 2 aromatic carbocycles. The van der Waals surface area contributed by atoms with Gasteiger partial charge in [0.15, 0.2) is 0 Å². The maximum Gasteiger partial charge on any atom is 0.573 e. The Morgan fingerprint density at radius 2 is 1.43 bits per heavy atom. The van der Waals surface area contributed by atoms with E-state index in [1.54, 1.807) is 12.1 Å². The van der Waals surface area contributed by atoms with E-state index in [0.29, 0.717) is 12.1 Å². The van der Waals surface area contributed by atoms with Crippen LogP contribution >= 0.6 is 0 Å². The van der Waals surface area contributed by atoms with Crippen LogP contribution in [-0.4, -0.2) is 36.4 Å². The fraction of sp³-hybridized carbons (Fsp3) is 0.429. The molecule has 1 N–H and O–H groups in total. The minimum Gasteiger partial charge on any atom is -0.489 e. The SMILES string of the molecule is C[C@@H]1CNC[C@H](C)N1Cc1ccc(OCc2ccc(OC(F)(F)F)cc2)cc1. The van der Waals surface area contributed by atoms with Gasteiger partial charge in [-0.15, -0.1) is 13.2 Å². The monoisotopic (exact) mass is 394 g/mol. The molecule has 2 atom stereocenters. The van der Waals surface area contributed by atoms with Gasteiger partial charge in [-0.3, -0.25) is 4.90 Å². The van der Waals surface area contributed by atoms with Crippen LogP contribution in [-0.2, 0) is 13.2 Å². The van der Waals surface area contributed by atoms with Gasteiger partial charge in [-0.05, 0) is 49.2 Å². The predicted octanol–water partition coefficient (Wildman–Crippen LogP) is 4.35. The molecule has 4 nitrogen and oxygen atoms in total. The lowest BCUT2D eigenvalue weighted by molar-refractivity contribution is -0.274. The van der Waals surface area contributed by atoms with Crippen molar-refractivity contribution in [2.45, 2.75) is 45.4 Å². The fourth-order valence-electron chi connectivity index (χ4n) is 3.34. The summed E-state index contributed by atoms with van der Waals surface area (Å²) < 4.78 is 46.1. The molecular weight excluding hydrogens is 369 g/mol. The first-order valence-electron chi connectivity index (χ1n) is 9.33. The number of alkyl halides is 3. The molecule has 1 heterocycles. The van der Waals surface area contributed by atoms with Crippen molar-refractivity contribution in [1.29, 1.82) is 0 Å². The highest BCUT2D eigenvalue weighted by Gasteiger charge is 2.31. The molecule has 0 unspecified atom stereocenters. The minimum absolute atomic E-state index is 0.239. The number of piperazine rings is 1. The summed E-state index contributed by atoms with van der Waals surface area (Å²) in [5.41, 5.74) is 1.99. The number of ether oxygens (including phenoxy) is 2. The number of benzene rings is 2. The van der Waals surface area contributed by atoms with Crippen LogP contribution in [0.4, 0.5) is 13.2 Å². The molecule has 1 aliphatic rings. The smallest absolute Gasteiger partial charge is 0.489 e. The third-order valence-electron chi connectivity index (χ3n) is 4.86. The molecule has 0 aliphatic carbocycles. The molecule has 0 amide bonds. The average Bonchev–Trinajstić information content (AvgIpc) is 2.64. The third kappa shape index (κ3) is 5.87. The van der Waals surface area contributed by atoms with E-state index in [-0.39, 0.29) is 12.4 Å². The van der Waals surface area contributed by atoms with Crippen molar-refractivity contribution >= 4 is 0 Å². The van der Waals surface area contributed by atoms with Gasteiger partial charge in [0.1, 0.15) is 18.1 Å². The second-order valence-corrected chi connectivity index (χ2v) is 7.15. The van der Waals surface area contributed by atoms with Gasteiger partial charge < -0.3 is 14.8 Å². The highest BCUT2D eigenvalue weighted by Crippen LogP contribution is 2.23. The van der Waals surface area contributed by atoms with Crippen molar-refractivity contribution in [1.82, 2.24) is 10.2 Å². The van der Waals surface area contributed by atoms with E-state index in [1.807, 2.05) is 12.1 Å². The van der Waals surface area contributed by atoms with E-state index in [4.69, 9.17) is 4.74 Å². The summed E-state index contributed by atoms with van der Waals surface area (Å²) in [5, 5.41) is 3.43. The Morgan fingerprint density at radius 3 is 2.00 bits per heavy atom. The summed E-state index contributed by atoms with van der Waals surface area (Å²) in [5.74, 6) is 0.484. The molecular formula is C21H25F3N2O2. The maximum absolute atomic E-state index is 12.2. The van der Waals surface area contributed by atoms with Gasteiger partial charge in [-0.25, -0.2) is 0 Å².